The number of carbonyl (C=O) groups is 1. The van der Waals surface area contributed by atoms with Gasteiger partial charge >= 0.3 is 5.97 Å². The van der Waals surface area contributed by atoms with Crippen LogP contribution in [-0.2, 0) is 4.79 Å². The number of benzene rings is 1. The van der Waals surface area contributed by atoms with Crippen LogP contribution in [0, 0.1) is 17.6 Å². The molecule has 0 amide bonds. The first-order valence-electron chi connectivity index (χ1n) is 6.86. The second kappa shape index (κ2) is 6.20. The Morgan fingerprint density at radius 1 is 1.40 bits per heavy atom. The quantitative estimate of drug-likeness (QED) is 0.776. The van der Waals surface area contributed by atoms with E-state index in [-0.39, 0.29) is 30.6 Å². The highest BCUT2D eigenvalue weighted by Gasteiger charge is 2.40. The van der Waals surface area contributed by atoms with Gasteiger partial charge in [-0.15, -0.1) is 0 Å². The second-order valence-corrected chi connectivity index (χ2v) is 5.22. The van der Waals surface area contributed by atoms with Crippen molar-refractivity contribution in [2.45, 2.75) is 38.5 Å². The summed E-state index contributed by atoms with van der Waals surface area (Å²) in [6.07, 6.45) is 2.34. The number of hydrogen-bond donors (Lipinski definition) is 1. The number of ether oxygens (including phenoxy) is 1. The fraction of sp³-hybridized carbons (Fsp3) is 0.533. The molecule has 0 aromatic heterocycles. The van der Waals surface area contributed by atoms with Crippen molar-refractivity contribution in [3.8, 4) is 5.75 Å². The van der Waals surface area contributed by atoms with Crippen molar-refractivity contribution in [2.24, 2.45) is 5.92 Å². The molecule has 1 fully saturated rings. The summed E-state index contributed by atoms with van der Waals surface area (Å²) in [4.78, 5) is 10.6. The smallest absolute Gasteiger partial charge is 0.303 e. The van der Waals surface area contributed by atoms with Crippen LogP contribution in [0.2, 0.25) is 0 Å². The van der Waals surface area contributed by atoms with Crippen molar-refractivity contribution in [3.63, 3.8) is 0 Å². The van der Waals surface area contributed by atoms with E-state index in [2.05, 4.69) is 0 Å². The number of aliphatic carboxylic acids is 1. The highest BCUT2D eigenvalue weighted by atomic mass is 19.1. The van der Waals surface area contributed by atoms with Gasteiger partial charge in [0.2, 0.25) is 0 Å². The van der Waals surface area contributed by atoms with E-state index < -0.39 is 17.6 Å². The topological polar surface area (TPSA) is 46.5 Å². The third kappa shape index (κ3) is 3.46. The second-order valence-electron chi connectivity index (χ2n) is 5.22. The normalized spacial score (nSPS) is 20.8. The molecule has 1 aromatic carbocycles. The van der Waals surface area contributed by atoms with Gasteiger partial charge in [-0.3, -0.25) is 4.79 Å². The summed E-state index contributed by atoms with van der Waals surface area (Å²) in [7, 11) is 0. The zero-order valence-corrected chi connectivity index (χ0v) is 11.4. The lowest BCUT2D eigenvalue weighted by Gasteiger charge is -2.09. The molecule has 2 unspecified atom stereocenters. The molecule has 0 heterocycles. The molecule has 0 saturated heterocycles. The maximum Gasteiger partial charge on any atom is 0.303 e. The van der Waals surface area contributed by atoms with Crippen LogP contribution in [0.25, 0.3) is 0 Å². The van der Waals surface area contributed by atoms with Crippen molar-refractivity contribution >= 4 is 5.97 Å². The molecule has 0 bridgehead atoms. The molecule has 1 aliphatic rings. The van der Waals surface area contributed by atoms with E-state index in [0.29, 0.717) is 12.0 Å². The molecule has 1 N–H and O–H groups in total. The molecular weight excluding hydrogens is 266 g/mol. The van der Waals surface area contributed by atoms with E-state index in [4.69, 9.17) is 9.84 Å². The van der Waals surface area contributed by atoms with Crippen molar-refractivity contribution in [1.82, 2.24) is 0 Å². The molecule has 3 nitrogen and oxygen atoms in total. The molecule has 2 rings (SSSR count). The zero-order chi connectivity index (χ0) is 14.7. The van der Waals surface area contributed by atoms with Gasteiger partial charge in [0.25, 0.3) is 0 Å². The first-order valence-corrected chi connectivity index (χ1v) is 6.86. The van der Waals surface area contributed by atoms with Gasteiger partial charge in [-0.05, 0) is 42.4 Å². The number of carboxylic acids is 1. The third-order valence-electron chi connectivity index (χ3n) is 3.55. The number of rotatable bonds is 7. The maximum absolute atomic E-state index is 13.8. The summed E-state index contributed by atoms with van der Waals surface area (Å²) >= 11 is 0. The Hall–Kier alpha value is -1.65. The van der Waals surface area contributed by atoms with Gasteiger partial charge in [0.15, 0.2) is 17.4 Å². The van der Waals surface area contributed by atoms with Crippen molar-refractivity contribution < 1.29 is 23.4 Å². The summed E-state index contributed by atoms with van der Waals surface area (Å²) in [5.41, 5.74) is 0.522. The Balaban J connectivity index is 2.05. The summed E-state index contributed by atoms with van der Waals surface area (Å²) in [5, 5.41) is 8.69. The molecule has 0 radical (unpaired) electrons. The summed E-state index contributed by atoms with van der Waals surface area (Å²) in [6.45, 7) is 2.25. The average molecular weight is 284 g/mol. The molecule has 0 aliphatic heterocycles. The Labute approximate surface area is 116 Å². The molecule has 1 aliphatic carbocycles. The lowest BCUT2D eigenvalue weighted by molar-refractivity contribution is -0.137. The Morgan fingerprint density at radius 2 is 2.05 bits per heavy atom. The van der Waals surface area contributed by atoms with Gasteiger partial charge < -0.3 is 9.84 Å². The Kier molecular flexibility index (Phi) is 4.57. The van der Waals surface area contributed by atoms with E-state index in [1.54, 1.807) is 0 Å². The summed E-state index contributed by atoms with van der Waals surface area (Å²) in [5.74, 6) is -2.71. The standard InChI is InChI=1S/C15H18F2O3/c1-2-3-4-20-15-12(16)6-10(7-13(15)17)11-5-9(11)8-14(18)19/h6-7,9,11H,2-5,8H2,1H3,(H,18,19). The molecule has 1 aromatic rings. The van der Waals surface area contributed by atoms with Gasteiger partial charge in [0.05, 0.1) is 6.61 Å². The number of hydrogen-bond acceptors (Lipinski definition) is 2. The van der Waals surface area contributed by atoms with E-state index in [9.17, 15) is 13.6 Å². The number of unbranched alkanes of at least 4 members (excludes halogenated alkanes) is 1. The molecule has 1 saturated carbocycles. The largest absolute Gasteiger partial charge is 0.488 e. The van der Waals surface area contributed by atoms with E-state index in [1.165, 1.54) is 12.1 Å². The van der Waals surface area contributed by atoms with Gasteiger partial charge in [0.1, 0.15) is 0 Å². The molecule has 0 spiro atoms. The van der Waals surface area contributed by atoms with Crippen LogP contribution in [0.3, 0.4) is 0 Å². The third-order valence-corrected chi connectivity index (χ3v) is 3.55. The van der Waals surface area contributed by atoms with Crippen molar-refractivity contribution in [3.05, 3.63) is 29.3 Å². The van der Waals surface area contributed by atoms with Gasteiger partial charge in [-0.25, -0.2) is 8.78 Å². The van der Waals surface area contributed by atoms with E-state index in [0.717, 1.165) is 12.8 Å². The van der Waals surface area contributed by atoms with E-state index >= 15 is 0 Å². The predicted molar refractivity (Wildman–Crippen MR) is 69.9 cm³/mol. The predicted octanol–water partition coefficient (Wildman–Crippen LogP) is 3.72. The Morgan fingerprint density at radius 3 is 2.60 bits per heavy atom. The van der Waals surface area contributed by atoms with Gasteiger partial charge in [-0.1, -0.05) is 13.3 Å². The number of halogens is 2. The van der Waals surface area contributed by atoms with Crippen LogP contribution in [0.1, 0.15) is 44.1 Å². The monoisotopic (exact) mass is 284 g/mol. The molecule has 5 heteroatoms. The minimum absolute atomic E-state index is 0.0156. The van der Waals surface area contributed by atoms with E-state index in [1.807, 2.05) is 6.92 Å². The molecule has 110 valence electrons. The summed E-state index contributed by atoms with van der Waals surface area (Å²) in [6, 6.07) is 2.52. The Bertz CT molecular complexity index is 479. The average Bonchev–Trinajstić information content (AvgIpc) is 3.11. The lowest BCUT2D eigenvalue weighted by atomic mass is 10.1. The lowest BCUT2D eigenvalue weighted by Crippen LogP contribution is -2.02. The molecule has 2 atom stereocenters. The van der Waals surface area contributed by atoms with Crippen LogP contribution < -0.4 is 4.74 Å². The minimum atomic E-state index is -0.877. The zero-order valence-electron chi connectivity index (χ0n) is 11.4. The fourth-order valence-electron chi connectivity index (χ4n) is 2.36. The number of carboxylic acid groups (broad SMARTS) is 1. The molecule has 20 heavy (non-hydrogen) atoms. The van der Waals surface area contributed by atoms with Gasteiger partial charge in [-0.2, -0.15) is 0 Å². The van der Waals surface area contributed by atoms with Crippen LogP contribution in [0.15, 0.2) is 12.1 Å². The van der Waals surface area contributed by atoms with Crippen molar-refractivity contribution in [1.29, 1.82) is 0 Å². The highest BCUT2D eigenvalue weighted by Crippen LogP contribution is 2.50. The van der Waals surface area contributed by atoms with Crippen LogP contribution in [0.5, 0.6) is 5.75 Å². The van der Waals surface area contributed by atoms with Crippen molar-refractivity contribution in [2.75, 3.05) is 6.61 Å². The van der Waals surface area contributed by atoms with Crippen LogP contribution >= 0.6 is 0 Å². The fourth-order valence-corrected chi connectivity index (χ4v) is 2.36. The van der Waals surface area contributed by atoms with Gasteiger partial charge in [0, 0.05) is 6.42 Å². The summed E-state index contributed by atoms with van der Waals surface area (Å²) < 4.78 is 32.8. The van der Waals surface area contributed by atoms with Crippen LogP contribution in [0.4, 0.5) is 8.78 Å². The minimum Gasteiger partial charge on any atom is -0.488 e. The first-order chi connectivity index (χ1) is 9.52. The maximum atomic E-state index is 13.8. The highest BCUT2D eigenvalue weighted by molar-refractivity contribution is 5.67. The van der Waals surface area contributed by atoms with Crippen LogP contribution in [-0.4, -0.2) is 17.7 Å². The SMILES string of the molecule is CCCCOc1c(F)cc(C2CC2CC(=O)O)cc1F. The molecular formula is C15H18F2O3. The first kappa shape index (κ1) is 14.8.